The summed E-state index contributed by atoms with van der Waals surface area (Å²) in [5, 5.41) is 2.70. The van der Waals surface area contributed by atoms with Gasteiger partial charge in [-0.3, -0.25) is 14.4 Å². The number of amides is 2. The fourth-order valence-corrected chi connectivity index (χ4v) is 4.37. The smallest absolute Gasteiger partial charge is 0.279 e. The molecule has 1 aliphatic heterocycles. The molecule has 2 aromatic rings. The van der Waals surface area contributed by atoms with Crippen molar-refractivity contribution in [3.63, 3.8) is 0 Å². The van der Waals surface area contributed by atoms with Crippen molar-refractivity contribution < 1.29 is 18.7 Å². The third-order valence-electron chi connectivity index (χ3n) is 6.26. The Balaban J connectivity index is 1.34. The lowest BCUT2D eigenvalue weighted by Crippen LogP contribution is -2.52. The highest BCUT2D eigenvalue weighted by molar-refractivity contribution is 5.95. The molecule has 33 heavy (non-hydrogen) atoms. The first-order chi connectivity index (χ1) is 15.9. The van der Waals surface area contributed by atoms with Crippen LogP contribution in [0.4, 0.5) is 4.39 Å². The Hall–Kier alpha value is -3.23. The summed E-state index contributed by atoms with van der Waals surface area (Å²) in [5.74, 6) is -0.523. The van der Waals surface area contributed by atoms with E-state index in [2.05, 4.69) is 15.3 Å². The molecule has 1 fully saturated rings. The van der Waals surface area contributed by atoms with Crippen LogP contribution in [0.15, 0.2) is 29.1 Å². The molecule has 2 N–H and O–H groups in total. The molecular formula is C24H29FN4O4. The third kappa shape index (κ3) is 5.40. The first kappa shape index (κ1) is 22.9. The van der Waals surface area contributed by atoms with Crippen molar-refractivity contribution in [3.05, 3.63) is 57.5 Å². The molecule has 0 bridgehead atoms. The van der Waals surface area contributed by atoms with Crippen molar-refractivity contribution in [1.29, 1.82) is 0 Å². The summed E-state index contributed by atoms with van der Waals surface area (Å²) in [6, 6.07) is 5.15. The number of aromatic nitrogens is 2. The van der Waals surface area contributed by atoms with Crippen molar-refractivity contribution in [2.75, 3.05) is 13.1 Å². The SMILES string of the molecule is CC[C@H](NC(=O)c1nc2c([nH]c1=O)CCCC2)C(=O)N1CCC(Oc2ccc(F)cc2)CC1. The summed E-state index contributed by atoms with van der Waals surface area (Å²) in [6.45, 7) is 2.81. The summed E-state index contributed by atoms with van der Waals surface area (Å²) in [4.78, 5) is 47.0. The van der Waals surface area contributed by atoms with Crippen LogP contribution in [0.5, 0.6) is 5.75 Å². The number of hydrogen-bond acceptors (Lipinski definition) is 5. The van der Waals surface area contributed by atoms with Crippen LogP contribution >= 0.6 is 0 Å². The maximum atomic E-state index is 13.1. The first-order valence-electron chi connectivity index (χ1n) is 11.6. The summed E-state index contributed by atoms with van der Waals surface area (Å²) in [5.41, 5.74) is 0.854. The van der Waals surface area contributed by atoms with Gasteiger partial charge in [-0.1, -0.05) is 6.92 Å². The zero-order valence-electron chi connectivity index (χ0n) is 18.7. The summed E-state index contributed by atoms with van der Waals surface area (Å²) >= 11 is 0. The minimum absolute atomic E-state index is 0.0626. The highest BCUT2D eigenvalue weighted by Gasteiger charge is 2.30. The molecule has 8 nitrogen and oxygen atoms in total. The molecule has 1 aromatic carbocycles. The molecule has 2 aliphatic rings. The number of carbonyl (C=O) groups is 2. The number of fused-ring (bicyclic) bond motifs is 1. The van der Waals surface area contributed by atoms with Crippen molar-refractivity contribution >= 4 is 11.8 Å². The molecule has 4 rings (SSSR count). The number of nitrogens with one attached hydrogen (secondary N) is 2. The topological polar surface area (TPSA) is 104 Å². The molecule has 176 valence electrons. The summed E-state index contributed by atoms with van der Waals surface area (Å²) in [7, 11) is 0. The molecule has 0 unspecified atom stereocenters. The van der Waals surface area contributed by atoms with Gasteiger partial charge in [0.15, 0.2) is 5.69 Å². The van der Waals surface area contributed by atoms with Gasteiger partial charge in [-0.05, 0) is 56.4 Å². The van der Waals surface area contributed by atoms with Gasteiger partial charge in [-0.25, -0.2) is 9.37 Å². The number of nitrogens with zero attached hydrogens (tertiary/aromatic N) is 2. The van der Waals surface area contributed by atoms with E-state index < -0.39 is 17.5 Å². The van der Waals surface area contributed by atoms with Crippen LogP contribution < -0.4 is 15.6 Å². The van der Waals surface area contributed by atoms with Gasteiger partial charge in [-0.2, -0.15) is 0 Å². The average molecular weight is 457 g/mol. The van der Waals surface area contributed by atoms with Crippen LogP contribution in [0, 0.1) is 5.82 Å². The molecule has 0 spiro atoms. The normalized spacial score (nSPS) is 17.2. The molecule has 1 aliphatic carbocycles. The molecule has 1 atom stereocenters. The number of halogens is 1. The number of likely N-dealkylation sites (tertiary alicyclic amines) is 1. The lowest BCUT2D eigenvalue weighted by Gasteiger charge is -2.34. The monoisotopic (exact) mass is 456 g/mol. The average Bonchev–Trinajstić information content (AvgIpc) is 2.83. The molecule has 2 heterocycles. The molecule has 0 radical (unpaired) electrons. The lowest BCUT2D eigenvalue weighted by atomic mass is 10.0. The molecule has 9 heteroatoms. The number of aromatic amines is 1. The van der Waals surface area contributed by atoms with Crippen LogP contribution in [0.2, 0.25) is 0 Å². The Morgan fingerprint density at radius 2 is 1.91 bits per heavy atom. The molecular weight excluding hydrogens is 427 g/mol. The maximum Gasteiger partial charge on any atom is 0.279 e. The van der Waals surface area contributed by atoms with E-state index in [1.165, 1.54) is 12.1 Å². The summed E-state index contributed by atoms with van der Waals surface area (Å²) in [6.07, 6.45) is 5.08. The Morgan fingerprint density at radius 1 is 1.21 bits per heavy atom. The number of piperidine rings is 1. The quantitative estimate of drug-likeness (QED) is 0.695. The second kappa shape index (κ2) is 10.1. The lowest BCUT2D eigenvalue weighted by molar-refractivity contribution is -0.135. The number of ether oxygens (including phenoxy) is 1. The van der Waals surface area contributed by atoms with Crippen molar-refractivity contribution in [2.45, 2.75) is 64.0 Å². The van der Waals surface area contributed by atoms with Gasteiger partial charge in [0.1, 0.15) is 23.7 Å². The van der Waals surface area contributed by atoms with Gasteiger partial charge in [0.2, 0.25) is 5.91 Å². The molecule has 1 saturated heterocycles. The van der Waals surface area contributed by atoms with Gasteiger partial charge in [0.05, 0.1) is 5.69 Å². The number of H-pyrrole nitrogens is 1. The van der Waals surface area contributed by atoms with E-state index in [-0.39, 0.29) is 23.5 Å². The van der Waals surface area contributed by atoms with Crippen LogP contribution in [0.1, 0.15) is 60.9 Å². The van der Waals surface area contributed by atoms with E-state index in [4.69, 9.17) is 4.74 Å². The van der Waals surface area contributed by atoms with Crippen LogP contribution in [0.3, 0.4) is 0 Å². The molecule has 1 aromatic heterocycles. The van der Waals surface area contributed by atoms with Crippen molar-refractivity contribution in [1.82, 2.24) is 20.2 Å². The van der Waals surface area contributed by atoms with E-state index in [0.717, 1.165) is 37.1 Å². The van der Waals surface area contributed by atoms with Gasteiger partial charge in [-0.15, -0.1) is 0 Å². The van der Waals surface area contributed by atoms with Gasteiger partial charge < -0.3 is 19.9 Å². The van der Waals surface area contributed by atoms with E-state index in [1.807, 2.05) is 6.92 Å². The highest BCUT2D eigenvalue weighted by atomic mass is 19.1. The van der Waals surface area contributed by atoms with Crippen molar-refractivity contribution in [3.8, 4) is 5.75 Å². The van der Waals surface area contributed by atoms with E-state index >= 15 is 0 Å². The Morgan fingerprint density at radius 3 is 2.61 bits per heavy atom. The van der Waals surface area contributed by atoms with E-state index in [0.29, 0.717) is 38.1 Å². The predicted octanol–water partition coefficient (Wildman–Crippen LogP) is 2.37. The molecule has 0 saturated carbocycles. The fourth-order valence-electron chi connectivity index (χ4n) is 4.37. The number of hydrogen-bond donors (Lipinski definition) is 2. The first-order valence-corrected chi connectivity index (χ1v) is 11.6. The zero-order valence-corrected chi connectivity index (χ0v) is 18.7. The van der Waals surface area contributed by atoms with E-state index in [9.17, 15) is 18.8 Å². The van der Waals surface area contributed by atoms with Gasteiger partial charge in [0.25, 0.3) is 11.5 Å². The number of rotatable bonds is 6. The fraction of sp³-hybridized carbons (Fsp3) is 0.500. The molecule has 2 amide bonds. The maximum absolute atomic E-state index is 13.1. The van der Waals surface area contributed by atoms with Crippen molar-refractivity contribution in [2.24, 2.45) is 0 Å². The summed E-state index contributed by atoms with van der Waals surface area (Å²) < 4.78 is 18.9. The minimum atomic E-state index is -0.732. The number of aryl methyl sites for hydroxylation is 2. The number of carbonyl (C=O) groups excluding carboxylic acids is 2. The van der Waals surface area contributed by atoms with Gasteiger partial charge in [0, 0.05) is 31.6 Å². The van der Waals surface area contributed by atoms with Gasteiger partial charge >= 0.3 is 0 Å². The Bertz CT molecular complexity index is 1060. The number of benzene rings is 1. The van der Waals surface area contributed by atoms with Crippen LogP contribution in [-0.4, -0.2) is 51.9 Å². The van der Waals surface area contributed by atoms with Crippen LogP contribution in [-0.2, 0) is 17.6 Å². The third-order valence-corrected chi connectivity index (χ3v) is 6.26. The Labute approximate surface area is 191 Å². The van der Waals surface area contributed by atoms with E-state index in [1.54, 1.807) is 17.0 Å². The second-order valence-corrected chi connectivity index (χ2v) is 8.58. The zero-order chi connectivity index (χ0) is 23.4. The Kier molecular flexibility index (Phi) is 7.05. The second-order valence-electron chi connectivity index (χ2n) is 8.58. The standard InChI is InChI=1S/C24H29FN4O4/c1-2-18(27-22(30)21-23(31)28-20-6-4-3-5-19(20)26-21)24(32)29-13-11-17(12-14-29)33-16-9-7-15(25)8-10-16/h7-10,17-18H,2-6,11-14H2,1H3,(H,27,30)(H,28,31)/t18-/m0/s1. The van der Waals surface area contributed by atoms with Crippen LogP contribution in [0.25, 0.3) is 0 Å². The predicted molar refractivity (Wildman–Crippen MR) is 120 cm³/mol. The largest absolute Gasteiger partial charge is 0.490 e. The minimum Gasteiger partial charge on any atom is -0.490 e. The highest BCUT2D eigenvalue weighted by Crippen LogP contribution is 2.20.